The molecule has 1 N–H and O–H groups in total. The fourth-order valence-electron chi connectivity index (χ4n) is 1.16. The van der Waals surface area contributed by atoms with E-state index >= 15 is 0 Å². The normalized spacial score (nSPS) is 9.31. The van der Waals surface area contributed by atoms with E-state index in [4.69, 9.17) is 10.00 Å². The van der Waals surface area contributed by atoms with E-state index in [0.717, 1.165) is 5.56 Å². The van der Waals surface area contributed by atoms with Gasteiger partial charge in [-0.2, -0.15) is 5.26 Å². The van der Waals surface area contributed by atoms with Crippen molar-refractivity contribution < 1.29 is 9.84 Å². The number of aromatic hydroxyl groups is 1. The average Bonchev–Trinajstić information content (AvgIpc) is 2.18. The Morgan fingerprint density at radius 2 is 2.23 bits per heavy atom. The van der Waals surface area contributed by atoms with Crippen LogP contribution in [0.25, 0.3) is 0 Å². The van der Waals surface area contributed by atoms with Crippen molar-refractivity contribution >= 4 is 0 Å². The van der Waals surface area contributed by atoms with Crippen LogP contribution in [0.2, 0.25) is 0 Å². The van der Waals surface area contributed by atoms with Crippen molar-refractivity contribution in [2.45, 2.75) is 13.3 Å². The topological polar surface area (TPSA) is 53.2 Å². The molecule has 3 heteroatoms. The molecule has 0 saturated carbocycles. The Morgan fingerprint density at radius 3 is 2.69 bits per heavy atom. The summed E-state index contributed by atoms with van der Waals surface area (Å²) in [7, 11) is 1.47. The molecular weight excluding hydrogens is 166 g/mol. The summed E-state index contributed by atoms with van der Waals surface area (Å²) in [5.41, 5.74) is 1.24. The summed E-state index contributed by atoms with van der Waals surface area (Å²) in [5.74, 6) is 0.486. The van der Waals surface area contributed by atoms with Gasteiger partial charge in [0.15, 0.2) is 11.5 Å². The van der Waals surface area contributed by atoms with Crippen LogP contribution in [0.3, 0.4) is 0 Å². The smallest absolute Gasteiger partial charge is 0.162 e. The molecule has 1 aromatic rings. The summed E-state index contributed by atoms with van der Waals surface area (Å²) in [4.78, 5) is 0. The molecule has 1 aromatic carbocycles. The van der Waals surface area contributed by atoms with Gasteiger partial charge in [0.2, 0.25) is 0 Å². The maximum Gasteiger partial charge on any atom is 0.162 e. The minimum Gasteiger partial charge on any atom is -0.504 e. The van der Waals surface area contributed by atoms with Crippen LogP contribution in [0.4, 0.5) is 0 Å². The Kier molecular flexibility index (Phi) is 2.76. The van der Waals surface area contributed by atoms with Crippen LogP contribution in [0, 0.1) is 11.3 Å². The van der Waals surface area contributed by atoms with Crippen molar-refractivity contribution in [2.75, 3.05) is 7.11 Å². The summed E-state index contributed by atoms with van der Waals surface area (Å²) in [6.07, 6.45) is 0.678. The van der Waals surface area contributed by atoms with Crippen LogP contribution in [-0.2, 0) is 6.42 Å². The SMILES string of the molecule is CCc1cc(C#N)cc(OC)c1O. The lowest BCUT2D eigenvalue weighted by molar-refractivity contribution is 0.370. The van der Waals surface area contributed by atoms with Crippen LogP contribution in [0.15, 0.2) is 12.1 Å². The lowest BCUT2D eigenvalue weighted by Gasteiger charge is -2.07. The third-order valence-corrected chi connectivity index (χ3v) is 1.88. The number of methoxy groups -OCH3 is 1. The van der Waals surface area contributed by atoms with Gasteiger partial charge in [0.05, 0.1) is 18.7 Å². The van der Waals surface area contributed by atoms with Gasteiger partial charge in [0, 0.05) is 6.07 Å². The van der Waals surface area contributed by atoms with Gasteiger partial charge < -0.3 is 9.84 Å². The molecular formula is C10H11NO2. The van der Waals surface area contributed by atoms with E-state index in [-0.39, 0.29) is 5.75 Å². The molecule has 0 aromatic heterocycles. The van der Waals surface area contributed by atoms with Gasteiger partial charge in [-0.25, -0.2) is 0 Å². The Bertz CT molecular complexity index is 327. The molecule has 0 unspecified atom stereocenters. The molecule has 0 saturated heterocycles. The molecule has 0 bridgehead atoms. The largest absolute Gasteiger partial charge is 0.504 e. The Morgan fingerprint density at radius 1 is 1.54 bits per heavy atom. The number of nitriles is 1. The maximum atomic E-state index is 9.57. The van der Waals surface area contributed by atoms with Gasteiger partial charge in [-0.1, -0.05) is 6.92 Å². The average molecular weight is 177 g/mol. The number of aryl methyl sites for hydroxylation is 1. The molecule has 0 spiro atoms. The molecule has 0 atom stereocenters. The molecule has 3 nitrogen and oxygen atoms in total. The van der Waals surface area contributed by atoms with Gasteiger partial charge in [0.1, 0.15) is 0 Å². The van der Waals surface area contributed by atoms with Crippen molar-refractivity contribution in [3.8, 4) is 17.6 Å². The Hall–Kier alpha value is -1.69. The molecule has 0 amide bonds. The van der Waals surface area contributed by atoms with Gasteiger partial charge in [0.25, 0.3) is 0 Å². The van der Waals surface area contributed by atoms with Crippen molar-refractivity contribution in [2.24, 2.45) is 0 Å². The fraction of sp³-hybridized carbons (Fsp3) is 0.300. The summed E-state index contributed by atoms with van der Waals surface area (Å²) in [5, 5.41) is 18.3. The highest BCUT2D eigenvalue weighted by Crippen LogP contribution is 2.31. The minimum atomic E-state index is 0.129. The molecule has 0 heterocycles. The zero-order valence-corrected chi connectivity index (χ0v) is 7.66. The Balaban J connectivity index is 3.30. The summed E-state index contributed by atoms with van der Waals surface area (Å²) < 4.78 is 4.93. The summed E-state index contributed by atoms with van der Waals surface area (Å²) in [6.45, 7) is 1.91. The van der Waals surface area contributed by atoms with E-state index in [1.165, 1.54) is 13.2 Å². The van der Waals surface area contributed by atoms with Crippen molar-refractivity contribution in [1.29, 1.82) is 5.26 Å². The maximum absolute atomic E-state index is 9.57. The van der Waals surface area contributed by atoms with Crippen molar-refractivity contribution in [3.63, 3.8) is 0 Å². The predicted molar refractivity (Wildman–Crippen MR) is 48.8 cm³/mol. The summed E-state index contributed by atoms with van der Waals surface area (Å²) >= 11 is 0. The van der Waals surface area contributed by atoms with Gasteiger partial charge in [-0.05, 0) is 18.1 Å². The molecule has 0 radical (unpaired) electrons. The van der Waals surface area contributed by atoms with Gasteiger partial charge in [-0.15, -0.1) is 0 Å². The highest BCUT2D eigenvalue weighted by atomic mass is 16.5. The standard InChI is InChI=1S/C10H11NO2/c1-3-8-4-7(6-11)5-9(13-2)10(8)12/h4-5,12H,3H2,1-2H3. The fourth-order valence-corrected chi connectivity index (χ4v) is 1.16. The van der Waals surface area contributed by atoms with E-state index in [9.17, 15) is 5.11 Å². The second-order valence-electron chi connectivity index (χ2n) is 2.65. The number of ether oxygens (including phenoxy) is 1. The van der Waals surface area contributed by atoms with Crippen LogP contribution in [0.5, 0.6) is 11.5 Å². The first-order valence-corrected chi connectivity index (χ1v) is 4.02. The van der Waals surface area contributed by atoms with E-state index in [1.807, 2.05) is 13.0 Å². The highest BCUT2D eigenvalue weighted by molar-refractivity contribution is 5.51. The van der Waals surface area contributed by atoms with Gasteiger partial charge in [-0.3, -0.25) is 0 Å². The van der Waals surface area contributed by atoms with Crippen LogP contribution < -0.4 is 4.74 Å². The number of phenolic OH excluding ortho intramolecular Hbond substituents is 1. The second kappa shape index (κ2) is 3.81. The van der Waals surface area contributed by atoms with Crippen molar-refractivity contribution in [1.82, 2.24) is 0 Å². The van der Waals surface area contributed by atoms with E-state index in [1.54, 1.807) is 6.07 Å². The first kappa shape index (κ1) is 9.40. The summed E-state index contributed by atoms with van der Waals surface area (Å²) in [6, 6.07) is 5.20. The number of hydrogen-bond donors (Lipinski definition) is 1. The lowest BCUT2D eigenvalue weighted by atomic mass is 10.1. The van der Waals surface area contributed by atoms with Crippen LogP contribution >= 0.6 is 0 Å². The van der Waals surface area contributed by atoms with E-state index in [0.29, 0.717) is 17.7 Å². The quantitative estimate of drug-likeness (QED) is 0.749. The third kappa shape index (κ3) is 1.73. The molecule has 0 aliphatic rings. The monoisotopic (exact) mass is 177 g/mol. The number of nitrogens with zero attached hydrogens (tertiary/aromatic N) is 1. The zero-order valence-electron chi connectivity index (χ0n) is 7.66. The number of benzene rings is 1. The predicted octanol–water partition coefficient (Wildman–Crippen LogP) is 1.83. The Labute approximate surface area is 77.2 Å². The third-order valence-electron chi connectivity index (χ3n) is 1.88. The zero-order chi connectivity index (χ0) is 9.84. The number of hydrogen-bond acceptors (Lipinski definition) is 3. The highest BCUT2D eigenvalue weighted by Gasteiger charge is 2.08. The molecule has 1 rings (SSSR count). The van der Waals surface area contributed by atoms with Gasteiger partial charge >= 0.3 is 0 Å². The van der Waals surface area contributed by atoms with Crippen LogP contribution in [0.1, 0.15) is 18.1 Å². The lowest BCUT2D eigenvalue weighted by Crippen LogP contribution is -1.90. The van der Waals surface area contributed by atoms with E-state index < -0.39 is 0 Å². The first-order chi connectivity index (χ1) is 6.22. The second-order valence-corrected chi connectivity index (χ2v) is 2.65. The molecule has 0 aliphatic heterocycles. The minimum absolute atomic E-state index is 0.129. The molecule has 0 aliphatic carbocycles. The van der Waals surface area contributed by atoms with E-state index in [2.05, 4.69) is 0 Å². The molecule has 0 fully saturated rings. The number of rotatable bonds is 2. The van der Waals surface area contributed by atoms with Crippen molar-refractivity contribution in [3.05, 3.63) is 23.3 Å². The molecule has 13 heavy (non-hydrogen) atoms. The number of phenols is 1. The molecule has 68 valence electrons. The van der Waals surface area contributed by atoms with Crippen LogP contribution in [-0.4, -0.2) is 12.2 Å². The first-order valence-electron chi connectivity index (χ1n) is 4.02.